The van der Waals surface area contributed by atoms with Crippen molar-refractivity contribution in [2.75, 3.05) is 0 Å². The zero-order chi connectivity index (χ0) is 13.6. The summed E-state index contributed by atoms with van der Waals surface area (Å²) in [5.74, 6) is 0.547. The van der Waals surface area contributed by atoms with Gasteiger partial charge in [-0.1, -0.05) is 54.7 Å². The molecule has 2 unspecified atom stereocenters. The van der Waals surface area contributed by atoms with E-state index >= 15 is 0 Å². The molecule has 3 rings (SSSR count). The summed E-state index contributed by atoms with van der Waals surface area (Å²) in [7, 11) is 0. The van der Waals surface area contributed by atoms with E-state index in [1.54, 1.807) is 6.21 Å². The van der Waals surface area contributed by atoms with Crippen LogP contribution in [0.15, 0.2) is 16.8 Å². The van der Waals surface area contributed by atoms with Crippen LogP contribution < -0.4 is 5.43 Å². The van der Waals surface area contributed by atoms with E-state index in [1.807, 2.05) is 0 Å². The van der Waals surface area contributed by atoms with Crippen molar-refractivity contribution in [2.24, 2.45) is 22.4 Å². The third-order valence-electron chi connectivity index (χ3n) is 4.15. The van der Waals surface area contributed by atoms with Gasteiger partial charge in [0.1, 0.15) is 0 Å². The first kappa shape index (κ1) is 14.2. The van der Waals surface area contributed by atoms with E-state index in [4.69, 9.17) is 34.8 Å². The zero-order valence-electron chi connectivity index (χ0n) is 10.2. The molecule has 0 aromatic heterocycles. The highest BCUT2D eigenvalue weighted by Crippen LogP contribution is 2.58. The summed E-state index contributed by atoms with van der Waals surface area (Å²) in [6.45, 7) is 4.54. The summed E-state index contributed by atoms with van der Waals surface area (Å²) in [5.41, 5.74) is 3.72. The lowest BCUT2D eigenvalue weighted by atomic mass is 9.49. The number of amides is 1. The summed E-state index contributed by atoms with van der Waals surface area (Å²) >= 11 is 16.3. The third-order valence-corrected chi connectivity index (χ3v) is 4.66. The quantitative estimate of drug-likeness (QED) is 0.474. The molecule has 0 radical (unpaired) electrons. The van der Waals surface area contributed by atoms with Gasteiger partial charge in [-0.15, -0.1) is 0 Å². The van der Waals surface area contributed by atoms with E-state index in [0.717, 1.165) is 17.9 Å². The Labute approximate surface area is 122 Å². The Morgan fingerprint density at radius 2 is 2.22 bits per heavy atom. The van der Waals surface area contributed by atoms with Gasteiger partial charge in [-0.25, -0.2) is 5.43 Å². The van der Waals surface area contributed by atoms with Crippen molar-refractivity contribution >= 4 is 46.9 Å². The minimum atomic E-state index is -1.97. The Hall–Kier alpha value is -0.250. The van der Waals surface area contributed by atoms with Gasteiger partial charge in [0.05, 0.1) is 6.21 Å². The predicted octanol–water partition coefficient (Wildman–Crippen LogP) is 3.45. The van der Waals surface area contributed by atoms with E-state index in [0.29, 0.717) is 11.3 Å². The lowest BCUT2D eigenvalue weighted by Crippen LogP contribution is -2.48. The van der Waals surface area contributed by atoms with Crippen LogP contribution in [0.25, 0.3) is 0 Å². The molecule has 0 aromatic rings. The summed E-state index contributed by atoms with van der Waals surface area (Å²) < 4.78 is -1.97. The monoisotopic (exact) mass is 308 g/mol. The molecule has 3 nitrogen and oxygen atoms in total. The summed E-state index contributed by atoms with van der Waals surface area (Å²) in [6, 6.07) is 0. The molecule has 100 valence electrons. The fraction of sp³-hybridized carbons (Fsp3) is 0.667. The van der Waals surface area contributed by atoms with Gasteiger partial charge in [-0.3, -0.25) is 4.79 Å². The summed E-state index contributed by atoms with van der Waals surface area (Å²) in [6.07, 6.45) is 6.11. The van der Waals surface area contributed by atoms with Crippen molar-refractivity contribution in [3.63, 3.8) is 0 Å². The number of nitrogens with one attached hydrogen (secondary N) is 1. The SMILES string of the molecule is CC1(C)C2CC=C(/C=N/NC(=O)C(Cl)(Cl)Cl)C1C2. The molecule has 1 amide bonds. The number of hydrogen-bond acceptors (Lipinski definition) is 2. The van der Waals surface area contributed by atoms with Crippen LogP contribution in [0.2, 0.25) is 0 Å². The fourth-order valence-electron chi connectivity index (χ4n) is 2.77. The number of halogens is 3. The van der Waals surface area contributed by atoms with Crippen LogP contribution in [0.1, 0.15) is 26.7 Å². The van der Waals surface area contributed by atoms with Crippen molar-refractivity contribution in [1.29, 1.82) is 0 Å². The predicted molar refractivity (Wildman–Crippen MR) is 75.0 cm³/mol. The molecule has 0 heterocycles. The van der Waals surface area contributed by atoms with Crippen molar-refractivity contribution in [1.82, 2.24) is 5.43 Å². The lowest BCUT2D eigenvalue weighted by Gasteiger charge is -2.55. The molecule has 18 heavy (non-hydrogen) atoms. The Balaban J connectivity index is 1.95. The molecule has 0 aliphatic heterocycles. The molecular formula is C12H15Cl3N2O. The first-order valence-corrected chi connectivity index (χ1v) is 6.96. The maximum Gasteiger partial charge on any atom is 0.292 e. The first-order chi connectivity index (χ1) is 8.23. The highest BCUT2D eigenvalue weighted by molar-refractivity contribution is 6.76. The van der Waals surface area contributed by atoms with Gasteiger partial charge in [0.25, 0.3) is 9.70 Å². The molecule has 6 heteroatoms. The molecule has 0 saturated heterocycles. The molecule has 1 saturated carbocycles. The van der Waals surface area contributed by atoms with Crippen LogP contribution in [0.3, 0.4) is 0 Å². The van der Waals surface area contributed by atoms with Gasteiger partial charge in [-0.2, -0.15) is 5.10 Å². The number of carbonyl (C=O) groups excluding carboxylic acids is 1. The van der Waals surface area contributed by atoms with E-state index in [2.05, 4.69) is 30.5 Å². The second kappa shape index (κ2) is 4.69. The van der Waals surface area contributed by atoms with Gasteiger partial charge in [0.15, 0.2) is 0 Å². The van der Waals surface area contributed by atoms with Crippen molar-refractivity contribution in [2.45, 2.75) is 30.5 Å². The van der Waals surface area contributed by atoms with Crippen molar-refractivity contribution < 1.29 is 4.79 Å². The number of fused-ring (bicyclic) bond motifs is 1. The standard InChI is InChI=1S/C12H15Cl3N2O/c1-11(2)8-4-3-7(9(11)5-8)6-16-17-10(18)12(13,14)15/h3,6,8-9H,4-5H2,1-2H3,(H,17,18)/b16-6+. The molecule has 3 aliphatic carbocycles. The number of allylic oxidation sites excluding steroid dienone is 2. The lowest BCUT2D eigenvalue weighted by molar-refractivity contribution is -0.120. The minimum Gasteiger partial charge on any atom is -0.268 e. The van der Waals surface area contributed by atoms with Crippen molar-refractivity contribution in [3.8, 4) is 0 Å². The van der Waals surface area contributed by atoms with Gasteiger partial charge in [-0.05, 0) is 35.7 Å². The molecular weight excluding hydrogens is 295 g/mol. The van der Waals surface area contributed by atoms with Crippen LogP contribution in [-0.4, -0.2) is 15.9 Å². The zero-order valence-corrected chi connectivity index (χ0v) is 12.5. The second-order valence-corrected chi connectivity index (χ2v) is 7.72. The molecule has 2 atom stereocenters. The van der Waals surface area contributed by atoms with E-state index in [1.165, 1.54) is 6.42 Å². The fourth-order valence-corrected chi connectivity index (χ4v) is 2.90. The van der Waals surface area contributed by atoms with Crippen molar-refractivity contribution in [3.05, 3.63) is 11.6 Å². The molecule has 1 fully saturated rings. The number of hydrogen-bond donors (Lipinski definition) is 1. The average molecular weight is 310 g/mol. The highest BCUT2D eigenvalue weighted by Gasteiger charge is 2.50. The van der Waals surface area contributed by atoms with E-state index in [-0.39, 0.29) is 0 Å². The topological polar surface area (TPSA) is 41.5 Å². The number of hydrazone groups is 1. The number of nitrogens with zero attached hydrogens (tertiary/aromatic N) is 1. The van der Waals surface area contributed by atoms with Gasteiger partial charge < -0.3 is 0 Å². The van der Waals surface area contributed by atoms with E-state index in [9.17, 15) is 4.79 Å². The van der Waals surface area contributed by atoms with Crippen LogP contribution in [0.5, 0.6) is 0 Å². The maximum absolute atomic E-state index is 11.3. The normalized spacial score (nSPS) is 29.7. The van der Waals surface area contributed by atoms with Crippen LogP contribution in [-0.2, 0) is 4.79 Å². The Kier molecular flexibility index (Phi) is 3.69. The maximum atomic E-state index is 11.3. The molecule has 0 spiro atoms. The molecule has 3 aliphatic rings. The first-order valence-electron chi connectivity index (χ1n) is 5.83. The molecule has 0 aromatic carbocycles. The Bertz CT molecular complexity index is 424. The Morgan fingerprint density at radius 3 is 2.72 bits per heavy atom. The summed E-state index contributed by atoms with van der Waals surface area (Å²) in [5, 5.41) is 3.86. The third kappa shape index (κ3) is 2.54. The largest absolute Gasteiger partial charge is 0.292 e. The van der Waals surface area contributed by atoms with Crippen LogP contribution in [0, 0.1) is 17.3 Å². The number of alkyl halides is 3. The average Bonchev–Trinajstić information content (AvgIpc) is 2.27. The molecule has 2 bridgehead atoms. The number of rotatable bonds is 2. The van der Waals surface area contributed by atoms with Gasteiger partial charge in [0, 0.05) is 0 Å². The van der Waals surface area contributed by atoms with Gasteiger partial charge in [0.2, 0.25) is 0 Å². The van der Waals surface area contributed by atoms with E-state index < -0.39 is 9.70 Å². The van der Waals surface area contributed by atoms with Gasteiger partial charge >= 0.3 is 0 Å². The minimum absolute atomic E-state index is 0.329. The van der Waals surface area contributed by atoms with Crippen LogP contribution >= 0.6 is 34.8 Å². The van der Waals surface area contributed by atoms with Crippen LogP contribution in [0.4, 0.5) is 0 Å². The second-order valence-electron chi connectivity index (χ2n) is 5.44. The summed E-state index contributed by atoms with van der Waals surface area (Å²) in [4.78, 5) is 11.3. The number of carbonyl (C=O) groups is 1. The highest BCUT2D eigenvalue weighted by atomic mass is 35.6. The smallest absolute Gasteiger partial charge is 0.268 e. The Morgan fingerprint density at radius 1 is 1.56 bits per heavy atom. The molecule has 1 N–H and O–H groups in total.